The highest BCUT2D eigenvalue weighted by atomic mass is 16.5. The smallest absolute Gasteiger partial charge is 0.260 e. The van der Waals surface area contributed by atoms with Gasteiger partial charge in [0.2, 0.25) is 0 Å². The SMILES string of the molecule is Cc1ccc(C)c(OC(C)C(=O)NCCCn2ccnc2)c1. The minimum absolute atomic E-state index is 0.0912. The van der Waals surface area contributed by atoms with Crippen molar-refractivity contribution in [3.05, 3.63) is 48.0 Å². The van der Waals surface area contributed by atoms with E-state index in [0.717, 1.165) is 29.8 Å². The third-order valence-electron chi connectivity index (χ3n) is 3.47. The number of nitrogens with zero attached hydrogens (tertiary/aromatic N) is 2. The predicted octanol–water partition coefficient (Wildman–Crippen LogP) is 2.47. The van der Waals surface area contributed by atoms with Crippen molar-refractivity contribution < 1.29 is 9.53 Å². The van der Waals surface area contributed by atoms with Crippen molar-refractivity contribution >= 4 is 5.91 Å². The van der Waals surface area contributed by atoms with Crippen LogP contribution in [0.3, 0.4) is 0 Å². The van der Waals surface area contributed by atoms with Crippen LogP contribution in [0.25, 0.3) is 0 Å². The second kappa shape index (κ2) is 7.64. The fourth-order valence-electron chi connectivity index (χ4n) is 2.11. The Kier molecular flexibility index (Phi) is 5.58. The number of aromatic nitrogens is 2. The number of hydrogen-bond acceptors (Lipinski definition) is 3. The van der Waals surface area contributed by atoms with Gasteiger partial charge in [0, 0.05) is 25.5 Å². The minimum atomic E-state index is -0.506. The van der Waals surface area contributed by atoms with E-state index in [9.17, 15) is 4.79 Å². The molecule has 1 amide bonds. The van der Waals surface area contributed by atoms with E-state index < -0.39 is 6.10 Å². The molecule has 0 bridgehead atoms. The lowest BCUT2D eigenvalue weighted by atomic mass is 10.1. The van der Waals surface area contributed by atoms with Crippen molar-refractivity contribution in [3.63, 3.8) is 0 Å². The maximum Gasteiger partial charge on any atom is 0.260 e. The second-order valence-corrected chi connectivity index (χ2v) is 5.47. The van der Waals surface area contributed by atoms with E-state index in [2.05, 4.69) is 10.3 Å². The molecule has 1 aromatic carbocycles. The Morgan fingerprint density at radius 3 is 2.95 bits per heavy atom. The lowest BCUT2D eigenvalue weighted by Gasteiger charge is -2.16. The van der Waals surface area contributed by atoms with Crippen molar-refractivity contribution in [2.75, 3.05) is 6.54 Å². The predicted molar refractivity (Wildman–Crippen MR) is 85.9 cm³/mol. The Morgan fingerprint density at radius 1 is 1.41 bits per heavy atom. The molecule has 2 aromatic rings. The summed E-state index contributed by atoms with van der Waals surface area (Å²) in [6.45, 7) is 7.22. The van der Waals surface area contributed by atoms with Gasteiger partial charge in [-0.05, 0) is 44.4 Å². The number of amides is 1. The molecule has 0 radical (unpaired) electrons. The molecule has 5 nitrogen and oxygen atoms in total. The third kappa shape index (κ3) is 4.62. The van der Waals surface area contributed by atoms with Crippen LogP contribution in [0, 0.1) is 13.8 Å². The van der Waals surface area contributed by atoms with Gasteiger partial charge in [0.05, 0.1) is 6.33 Å². The Balaban J connectivity index is 1.75. The third-order valence-corrected chi connectivity index (χ3v) is 3.47. The van der Waals surface area contributed by atoms with Gasteiger partial charge in [-0.3, -0.25) is 4.79 Å². The summed E-state index contributed by atoms with van der Waals surface area (Å²) in [6, 6.07) is 5.99. The Morgan fingerprint density at radius 2 is 2.23 bits per heavy atom. The molecule has 0 aliphatic rings. The maximum atomic E-state index is 12.0. The summed E-state index contributed by atoms with van der Waals surface area (Å²) in [7, 11) is 0. The number of carbonyl (C=O) groups is 1. The molecule has 1 aromatic heterocycles. The van der Waals surface area contributed by atoms with Gasteiger partial charge in [0.1, 0.15) is 5.75 Å². The van der Waals surface area contributed by atoms with Crippen molar-refractivity contribution in [3.8, 4) is 5.75 Å². The fraction of sp³-hybridized carbons (Fsp3) is 0.412. The minimum Gasteiger partial charge on any atom is -0.481 e. The summed E-state index contributed by atoms with van der Waals surface area (Å²) in [6.07, 6.45) is 5.78. The maximum absolute atomic E-state index is 12.0. The summed E-state index contributed by atoms with van der Waals surface area (Å²) >= 11 is 0. The molecule has 0 spiro atoms. The number of nitrogens with one attached hydrogen (secondary N) is 1. The zero-order valence-corrected chi connectivity index (χ0v) is 13.4. The van der Waals surface area contributed by atoms with Crippen molar-refractivity contribution in [1.29, 1.82) is 0 Å². The van der Waals surface area contributed by atoms with Crippen LogP contribution >= 0.6 is 0 Å². The van der Waals surface area contributed by atoms with E-state index in [1.165, 1.54) is 0 Å². The quantitative estimate of drug-likeness (QED) is 0.799. The number of carbonyl (C=O) groups excluding carboxylic acids is 1. The van der Waals surface area contributed by atoms with Gasteiger partial charge >= 0.3 is 0 Å². The first-order valence-electron chi connectivity index (χ1n) is 7.53. The molecule has 1 N–H and O–H groups in total. The van der Waals surface area contributed by atoms with E-state index in [1.807, 2.05) is 42.8 Å². The average molecular weight is 301 g/mol. The van der Waals surface area contributed by atoms with Crippen LogP contribution in [-0.4, -0.2) is 28.1 Å². The molecule has 2 rings (SSSR count). The highest BCUT2D eigenvalue weighted by molar-refractivity contribution is 5.80. The molecule has 1 unspecified atom stereocenters. The highest BCUT2D eigenvalue weighted by Gasteiger charge is 2.15. The first kappa shape index (κ1) is 16.1. The van der Waals surface area contributed by atoms with Gasteiger partial charge in [-0.25, -0.2) is 4.98 Å². The summed E-state index contributed by atoms with van der Waals surface area (Å²) in [4.78, 5) is 16.0. The topological polar surface area (TPSA) is 56.1 Å². The zero-order valence-electron chi connectivity index (χ0n) is 13.4. The summed E-state index contributed by atoms with van der Waals surface area (Å²) in [5.74, 6) is 0.674. The van der Waals surface area contributed by atoms with E-state index in [0.29, 0.717) is 6.54 Å². The number of ether oxygens (including phenoxy) is 1. The van der Waals surface area contributed by atoms with Gasteiger partial charge in [0.25, 0.3) is 5.91 Å². The Hall–Kier alpha value is -2.30. The lowest BCUT2D eigenvalue weighted by Crippen LogP contribution is -2.37. The summed E-state index contributed by atoms with van der Waals surface area (Å²) < 4.78 is 7.75. The van der Waals surface area contributed by atoms with E-state index in [-0.39, 0.29) is 5.91 Å². The Bertz CT molecular complexity index is 608. The molecule has 1 atom stereocenters. The Labute approximate surface area is 131 Å². The second-order valence-electron chi connectivity index (χ2n) is 5.47. The molecule has 0 aliphatic heterocycles. The van der Waals surface area contributed by atoms with Gasteiger partial charge in [0.15, 0.2) is 6.10 Å². The molecular weight excluding hydrogens is 278 g/mol. The largest absolute Gasteiger partial charge is 0.481 e. The molecule has 1 heterocycles. The number of aryl methyl sites for hydroxylation is 3. The zero-order chi connectivity index (χ0) is 15.9. The lowest BCUT2D eigenvalue weighted by molar-refractivity contribution is -0.127. The van der Waals surface area contributed by atoms with Gasteiger partial charge in [-0.15, -0.1) is 0 Å². The average Bonchev–Trinajstić information content (AvgIpc) is 3.00. The van der Waals surface area contributed by atoms with Crippen LogP contribution in [0.1, 0.15) is 24.5 Å². The van der Waals surface area contributed by atoms with Crippen LogP contribution in [0.4, 0.5) is 0 Å². The standard InChI is InChI=1S/C17H23N3O2/c1-13-5-6-14(2)16(11-13)22-15(3)17(21)19-7-4-9-20-10-8-18-12-20/h5-6,8,10-12,15H,4,7,9H2,1-3H3,(H,19,21). The van der Waals surface area contributed by atoms with Crippen LogP contribution < -0.4 is 10.1 Å². The van der Waals surface area contributed by atoms with E-state index in [4.69, 9.17) is 4.74 Å². The fourth-order valence-corrected chi connectivity index (χ4v) is 2.11. The first-order chi connectivity index (χ1) is 10.6. The van der Waals surface area contributed by atoms with E-state index >= 15 is 0 Å². The van der Waals surface area contributed by atoms with Crippen LogP contribution in [0.15, 0.2) is 36.9 Å². The van der Waals surface area contributed by atoms with Crippen LogP contribution in [0.2, 0.25) is 0 Å². The number of imidazole rings is 1. The van der Waals surface area contributed by atoms with Crippen LogP contribution in [0.5, 0.6) is 5.75 Å². The van der Waals surface area contributed by atoms with Crippen molar-refractivity contribution in [1.82, 2.24) is 14.9 Å². The molecular formula is C17H23N3O2. The molecule has 0 aliphatic carbocycles. The molecule has 118 valence electrons. The van der Waals surface area contributed by atoms with Crippen LogP contribution in [-0.2, 0) is 11.3 Å². The number of rotatable bonds is 7. The number of hydrogen-bond donors (Lipinski definition) is 1. The van der Waals surface area contributed by atoms with Gasteiger partial charge < -0.3 is 14.6 Å². The molecule has 0 saturated heterocycles. The number of benzene rings is 1. The van der Waals surface area contributed by atoms with E-state index in [1.54, 1.807) is 19.4 Å². The normalized spacial score (nSPS) is 12.0. The molecule has 5 heteroatoms. The molecule has 22 heavy (non-hydrogen) atoms. The summed E-state index contributed by atoms with van der Waals surface area (Å²) in [5.41, 5.74) is 2.15. The molecule has 0 saturated carbocycles. The van der Waals surface area contributed by atoms with Gasteiger partial charge in [-0.2, -0.15) is 0 Å². The molecule has 0 fully saturated rings. The highest BCUT2D eigenvalue weighted by Crippen LogP contribution is 2.20. The first-order valence-corrected chi connectivity index (χ1v) is 7.53. The van der Waals surface area contributed by atoms with Crippen molar-refractivity contribution in [2.45, 2.75) is 39.8 Å². The monoisotopic (exact) mass is 301 g/mol. The van der Waals surface area contributed by atoms with Crippen molar-refractivity contribution in [2.24, 2.45) is 0 Å². The van der Waals surface area contributed by atoms with Gasteiger partial charge in [-0.1, -0.05) is 12.1 Å². The summed E-state index contributed by atoms with van der Waals surface area (Å²) in [5, 5.41) is 2.90.